The minimum absolute atomic E-state index is 0.234. The Hall–Kier alpha value is -4.71. The number of esters is 1. The SMILES string of the molecule is C=CC(=O)Nc1cc(Nc2ncc(C(=O)OC(C)C)c(N3CC(C)(C)c4nc(C)ccc43)n2)c(OCC)cc1N(C)CCN(C)C. The number of benzene rings is 1. The molecule has 12 nitrogen and oxygen atoms in total. The van der Waals surface area contributed by atoms with Crippen LogP contribution >= 0.6 is 0 Å². The molecule has 1 aromatic carbocycles. The molecule has 0 atom stereocenters. The van der Waals surface area contributed by atoms with E-state index < -0.39 is 5.97 Å². The number of anilines is 6. The summed E-state index contributed by atoms with van der Waals surface area (Å²) in [5.74, 6) is 0.323. The molecule has 1 aliphatic rings. The zero-order valence-electron chi connectivity index (χ0n) is 28.4. The van der Waals surface area contributed by atoms with Crippen LogP contribution in [0.4, 0.5) is 34.5 Å². The number of nitrogens with zero attached hydrogens (tertiary/aromatic N) is 6. The molecule has 246 valence electrons. The van der Waals surface area contributed by atoms with E-state index in [1.165, 1.54) is 12.3 Å². The Bertz CT molecular complexity index is 1600. The molecule has 3 heterocycles. The number of likely N-dealkylation sites (N-methyl/N-ethyl adjacent to an activating group) is 2. The lowest BCUT2D eigenvalue weighted by Gasteiger charge is -2.26. The van der Waals surface area contributed by atoms with Gasteiger partial charge in [-0.1, -0.05) is 20.4 Å². The monoisotopic (exact) mass is 630 g/mol. The first-order valence-electron chi connectivity index (χ1n) is 15.4. The van der Waals surface area contributed by atoms with E-state index in [-0.39, 0.29) is 28.9 Å². The van der Waals surface area contributed by atoms with Crippen molar-refractivity contribution < 1.29 is 19.1 Å². The highest BCUT2D eigenvalue weighted by molar-refractivity contribution is 6.02. The first-order valence-corrected chi connectivity index (χ1v) is 15.4. The summed E-state index contributed by atoms with van der Waals surface area (Å²) in [4.78, 5) is 46.1. The minimum atomic E-state index is -0.516. The molecule has 0 saturated heterocycles. The van der Waals surface area contributed by atoms with Crippen LogP contribution in [-0.2, 0) is 14.9 Å². The lowest BCUT2D eigenvalue weighted by atomic mass is 9.91. The highest BCUT2D eigenvalue weighted by Gasteiger charge is 2.39. The third-order valence-electron chi connectivity index (χ3n) is 7.47. The number of aryl methyl sites for hydroxylation is 1. The van der Waals surface area contributed by atoms with Crippen molar-refractivity contribution in [1.29, 1.82) is 0 Å². The van der Waals surface area contributed by atoms with E-state index in [2.05, 4.69) is 45.8 Å². The minimum Gasteiger partial charge on any atom is -0.492 e. The van der Waals surface area contributed by atoms with E-state index in [9.17, 15) is 9.59 Å². The molecular weight excluding hydrogens is 584 g/mol. The summed E-state index contributed by atoms with van der Waals surface area (Å²) in [6.45, 7) is 17.8. The van der Waals surface area contributed by atoms with Gasteiger partial charge in [0.15, 0.2) is 5.82 Å². The van der Waals surface area contributed by atoms with Crippen LogP contribution in [0.2, 0.25) is 0 Å². The number of amides is 1. The van der Waals surface area contributed by atoms with E-state index in [1.807, 2.05) is 58.1 Å². The fourth-order valence-corrected chi connectivity index (χ4v) is 5.20. The Kier molecular flexibility index (Phi) is 10.5. The number of aromatic nitrogens is 3. The quantitative estimate of drug-likeness (QED) is 0.185. The van der Waals surface area contributed by atoms with Crippen molar-refractivity contribution in [3.05, 3.63) is 60.1 Å². The Morgan fingerprint density at radius 1 is 1.13 bits per heavy atom. The second kappa shape index (κ2) is 14.2. The number of hydrogen-bond acceptors (Lipinski definition) is 11. The van der Waals surface area contributed by atoms with E-state index in [4.69, 9.17) is 19.4 Å². The maximum absolute atomic E-state index is 13.3. The molecule has 0 radical (unpaired) electrons. The third-order valence-corrected chi connectivity index (χ3v) is 7.47. The molecule has 46 heavy (non-hydrogen) atoms. The number of carbonyl (C=O) groups is 2. The van der Waals surface area contributed by atoms with Crippen molar-refractivity contribution in [2.24, 2.45) is 0 Å². The number of hydrogen-bond donors (Lipinski definition) is 2. The van der Waals surface area contributed by atoms with Gasteiger partial charge < -0.3 is 34.8 Å². The molecule has 2 N–H and O–H groups in total. The molecule has 0 fully saturated rings. The summed E-state index contributed by atoms with van der Waals surface area (Å²) in [5, 5.41) is 6.21. The molecule has 1 amide bonds. The van der Waals surface area contributed by atoms with Crippen molar-refractivity contribution in [3.8, 4) is 5.75 Å². The molecule has 1 aliphatic heterocycles. The molecule has 0 aliphatic carbocycles. The molecule has 12 heteroatoms. The van der Waals surface area contributed by atoms with Gasteiger partial charge in [0, 0.05) is 50.1 Å². The van der Waals surface area contributed by atoms with Crippen molar-refractivity contribution >= 4 is 46.4 Å². The summed E-state index contributed by atoms with van der Waals surface area (Å²) in [7, 11) is 5.98. The average molecular weight is 631 g/mol. The summed E-state index contributed by atoms with van der Waals surface area (Å²) in [6.07, 6.45) is 2.38. The van der Waals surface area contributed by atoms with Gasteiger partial charge in [0.1, 0.15) is 11.3 Å². The molecule has 4 rings (SSSR count). The van der Waals surface area contributed by atoms with E-state index in [1.54, 1.807) is 19.9 Å². The highest BCUT2D eigenvalue weighted by Crippen LogP contribution is 2.44. The van der Waals surface area contributed by atoms with Gasteiger partial charge in [0.25, 0.3) is 0 Å². The smallest absolute Gasteiger partial charge is 0.343 e. The van der Waals surface area contributed by atoms with Crippen molar-refractivity contribution in [2.75, 3.05) is 67.8 Å². The van der Waals surface area contributed by atoms with Gasteiger partial charge >= 0.3 is 5.97 Å². The lowest BCUT2D eigenvalue weighted by molar-refractivity contribution is -0.111. The molecule has 0 unspecified atom stereocenters. The number of ether oxygens (including phenoxy) is 2. The second-order valence-corrected chi connectivity index (χ2v) is 12.5. The molecule has 2 aromatic heterocycles. The van der Waals surface area contributed by atoms with Crippen LogP contribution in [0.15, 0.2) is 43.1 Å². The van der Waals surface area contributed by atoms with Gasteiger partial charge in [-0.3, -0.25) is 9.78 Å². The van der Waals surface area contributed by atoms with Gasteiger partial charge in [0.2, 0.25) is 11.9 Å². The molecular formula is C34H46N8O4. The van der Waals surface area contributed by atoms with Crippen LogP contribution in [0.3, 0.4) is 0 Å². The van der Waals surface area contributed by atoms with Crippen LogP contribution in [0, 0.1) is 6.92 Å². The maximum atomic E-state index is 13.3. The van der Waals surface area contributed by atoms with Crippen LogP contribution in [-0.4, -0.2) is 85.2 Å². The van der Waals surface area contributed by atoms with Crippen LogP contribution < -0.4 is 25.2 Å². The molecule has 0 spiro atoms. The van der Waals surface area contributed by atoms with E-state index in [0.717, 1.165) is 29.3 Å². The molecule has 0 bridgehead atoms. The van der Waals surface area contributed by atoms with Gasteiger partial charge in [0.05, 0.1) is 41.2 Å². The summed E-state index contributed by atoms with van der Waals surface area (Å²) in [6, 6.07) is 7.62. The zero-order valence-corrected chi connectivity index (χ0v) is 28.4. The Morgan fingerprint density at radius 2 is 1.87 bits per heavy atom. The third kappa shape index (κ3) is 7.74. The van der Waals surface area contributed by atoms with Crippen LogP contribution in [0.25, 0.3) is 0 Å². The second-order valence-electron chi connectivity index (χ2n) is 12.5. The normalized spacial score (nSPS) is 13.4. The highest BCUT2D eigenvalue weighted by atomic mass is 16.5. The van der Waals surface area contributed by atoms with Gasteiger partial charge in [-0.15, -0.1) is 0 Å². The topological polar surface area (TPSA) is 125 Å². The fourth-order valence-electron chi connectivity index (χ4n) is 5.20. The first-order chi connectivity index (χ1) is 21.7. The number of carbonyl (C=O) groups excluding carboxylic acids is 2. The van der Waals surface area contributed by atoms with E-state index >= 15 is 0 Å². The van der Waals surface area contributed by atoms with Gasteiger partial charge in [-0.05, 0) is 66.1 Å². The molecule has 3 aromatic rings. The standard InChI is InChI=1S/C34H46N8O4/c1-11-29(43)37-24-17-25(28(45-12-2)18-27(24)41(10)16-15-40(8)9)38-33-35-19-23(32(44)46-21(3)4)31(39-33)42-20-34(6,7)30-26(42)14-13-22(5)36-30/h11,13-14,17-19,21H,1,12,15-16,20H2,2-10H3,(H,37,43)(H,35,38,39). The Labute approximate surface area is 271 Å². The maximum Gasteiger partial charge on any atom is 0.343 e. The van der Waals surface area contributed by atoms with Gasteiger partial charge in [-0.2, -0.15) is 4.98 Å². The fraction of sp³-hybridized carbons (Fsp3) is 0.441. The van der Waals surface area contributed by atoms with Crippen molar-refractivity contribution in [1.82, 2.24) is 19.9 Å². The van der Waals surface area contributed by atoms with E-state index in [0.29, 0.717) is 42.6 Å². The van der Waals surface area contributed by atoms with Crippen molar-refractivity contribution in [3.63, 3.8) is 0 Å². The summed E-state index contributed by atoms with van der Waals surface area (Å²) < 4.78 is 11.6. The number of nitrogens with one attached hydrogen (secondary N) is 2. The zero-order chi connectivity index (χ0) is 33.8. The Balaban J connectivity index is 1.82. The predicted molar refractivity (Wildman–Crippen MR) is 183 cm³/mol. The number of pyridine rings is 1. The largest absolute Gasteiger partial charge is 0.492 e. The lowest BCUT2D eigenvalue weighted by Crippen LogP contribution is -2.29. The summed E-state index contributed by atoms with van der Waals surface area (Å²) >= 11 is 0. The Morgan fingerprint density at radius 3 is 2.52 bits per heavy atom. The van der Waals surface area contributed by atoms with Crippen LogP contribution in [0.1, 0.15) is 56.4 Å². The number of rotatable bonds is 13. The summed E-state index contributed by atoms with van der Waals surface area (Å²) in [5.41, 5.74) is 4.53. The number of fused-ring (bicyclic) bond motifs is 1. The van der Waals surface area contributed by atoms with Gasteiger partial charge in [-0.25, -0.2) is 9.78 Å². The average Bonchev–Trinajstić information content (AvgIpc) is 3.26. The predicted octanol–water partition coefficient (Wildman–Crippen LogP) is 5.44. The van der Waals surface area contributed by atoms with Crippen LogP contribution in [0.5, 0.6) is 5.75 Å². The molecule has 0 saturated carbocycles. The van der Waals surface area contributed by atoms with Crippen molar-refractivity contribution in [2.45, 2.75) is 53.1 Å². The first kappa shape index (κ1) is 34.2.